The summed E-state index contributed by atoms with van der Waals surface area (Å²) in [6.45, 7) is 2.20. The summed E-state index contributed by atoms with van der Waals surface area (Å²) in [7, 11) is 0. The summed E-state index contributed by atoms with van der Waals surface area (Å²) in [5.41, 5.74) is 2.72. The summed E-state index contributed by atoms with van der Waals surface area (Å²) in [6, 6.07) is 5.00. The van der Waals surface area contributed by atoms with E-state index in [1.54, 1.807) is 11.3 Å². The number of rotatable bonds is 5. The summed E-state index contributed by atoms with van der Waals surface area (Å²) in [5, 5.41) is 5.57. The van der Waals surface area contributed by atoms with E-state index in [1.807, 2.05) is 0 Å². The van der Waals surface area contributed by atoms with Gasteiger partial charge in [-0.1, -0.05) is 32.3 Å². The maximum atomic E-state index is 5.61. The zero-order chi connectivity index (χ0) is 13.5. The van der Waals surface area contributed by atoms with E-state index in [9.17, 15) is 0 Å². The van der Waals surface area contributed by atoms with Crippen molar-refractivity contribution in [3.63, 3.8) is 0 Å². The average molecular weight is 280 g/mol. The van der Waals surface area contributed by atoms with E-state index in [0.717, 1.165) is 18.8 Å². The van der Waals surface area contributed by atoms with Crippen molar-refractivity contribution >= 4 is 17.3 Å². The van der Waals surface area contributed by atoms with Crippen molar-refractivity contribution in [1.82, 2.24) is 10.7 Å². The maximum absolute atomic E-state index is 5.61. The molecule has 2 rings (SSSR count). The fraction of sp³-hybridized carbons (Fsp3) is 0.643. The third kappa shape index (κ3) is 4.21. The molecule has 4 N–H and O–H groups in total. The van der Waals surface area contributed by atoms with E-state index in [-0.39, 0.29) is 0 Å². The summed E-state index contributed by atoms with van der Waals surface area (Å²) >= 11 is 1.78. The van der Waals surface area contributed by atoms with Crippen LogP contribution in [-0.2, 0) is 0 Å². The molecule has 1 atom stereocenters. The van der Waals surface area contributed by atoms with Crippen molar-refractivity contribution in [2.75, 3.05) is 0 Å². The third-order valence-electron chi connectivity index (χ3n) is 3.55. The number of nitrogens with two attached hydrogens (primary N) is 1. The normalized spacial score (nSPS) is 18.5. The minimum atomic E-state index is 0.307. The van der Waals surface area contributed by atoms with Gasteiger partial charge < -0.3 is 5.32 Å². The van der Waals surface area contributed by atoms with Crippen LogP contribution in [0.25, 0.3) is 0 Å². The second kappa shape index (κ2) is 7.50. The van der Waals surface area contributed by atoms with E-state index in [0.29, 0.717) is 12.1 Å². The van der Waals surface area contributed by atoms with E-state index in [4.69, 9.17) is 10.8 Å². The topological polar surface area (TPSA) is 62.4 Å². The molecule has 0 aliphatic heterocycles. The molecule has 1 fully saturated rings. The van der Waals surface area contributed by atoms with Gasteiger partial charge in [0.15, 0.2) is 0 Å². The second-order valence-electron chi connectivity index (χ2n) is 5.06. The largest absolute Gasteiger partial charge is 0.348 e. The number of nitrogens with zero attached hydrogens (tertiary/aromatic N) is 1. The highest BCUT2D eigenvalue weighted by Gasteiger charge is 2.17. The van der Waals surface area contributed by atoms with E-state index >= 15 is 0 Å². The van der Waals surface area contributed by atoms with Crippen LogP contribution in [0.15, 0.2) is 22.5 Å². The molecule has 0 saturated heterocycles. The van der Waals surface area contributed by atoms with Crippen molar-refractivity contribution in [2.45, 2.75) is 57.5 Å². The lowest BCUT2D eigenvalue weighted by atomic mass is 10.1. The zero-order valence-electron chi connectivity index (χ0n) is 11.6. The number of hydrazine groups is 1. The number of hydrogen-bond acceptors (Lipinski definition) is 3. The number of aliphatic imine (C=N–C) groups is 1. The molecule has 4 nitrogen and oxygen atoms in total. The average Bonchev–Trinajstić information content (AvgIpc) is 3.10. The molecule has 1 saturated carbocycles. The summed E-state index contributed by atoms with van der Waals surface area (Å²) in [5.74, 6) is 6.34. The number of nitrogens with one attached hydrogen (secondary N) is 2. The minimum Gasteiger partial charge on any atom is -0.348 e. The van der Waals surface area contributed by atoms with Crippen LogP contribution in [0.3, 0.4) is 0 Å². The van der Waals surface area contributed by atoms with Gasteiger partial charge >= 0.3 is 0 Å². The predicted octanol–water partition coefficient (Wildman–Crippen LogP) is 2.94. The van der Waals surface area contributed by atoms with Gasteiger partial charge in [0.1, 0.15) is 0 Å². The standard InChI is InChI=1S/C14H24N4S/c1-2-6-12(13-9-5-10-19-13)17-14(18-15)16-11-7-3-4-8-11/h5,9-12H,2-4,6-8,15H2,1H3,(H2,16,17,18). The van der Waals surface area contributed by atoms with Crippen molar-refractivity contribution in [2.24, 2.45) is 10.8 Å². The molecule has 1 unspecified atom stereocenters. The first-order valence-electron chi connectivity index (χ1n) is 7.17. The fourth-order valence-electron chi connectivity index (χ4n) is 2.56. The Morgan fingerprint density at radius 3 is 2.89 bits per heavy atom. The SMILES string of the molecule is CCCC(NC(=NC1CCCC1)NN)c1cccs1. The molecule has 1 aromatic heterocycles. The van der Waals surface area contributed by atoms with Crippen LogP contribution in [0.5, 0.6) is 0 Å². The highest BCUT2D eigenvalue weighted by atomic mass is 32.1. The van der Waals surface area contributed by atoms with Crippen LogP contribution in [0.2, 0.25) is 0 Å². The van der Waals surface area contributed by atoms with Crippen LogP contribution in [0, 0.1) is 0 Å². The first-order valence-corrected chi connectivity index (χ1v) is 8.05. The number of guanidine groups is 1. The molecule has 1 aromatic rings. The smallest absolute Gasteiger partial charge is 0.206 e. The van der Waals surface area contributed by atoms with Gasteiger partial charge in [-0.2, -0.15) is 0 Å². The summed E-state index contributed by atoms with van der Waals surface area (Å²) in [4.78, 5) is 6.04. The van der Waals surface area contributed by atoms with Gasteiger partial charge in [-0.25, -0.2) is 10.8 Å². The van der Waals surface area contributed by atoms with Gasteiger partial charge in [0.2, 0.25) is 5.96 Å². The quantitative estimate of drug-likeness (QED) is 0.336. The predicted molar refractivity (Wildman–Crippen MR) is 82.1 cm³/mol. The van der Waals surface area contributed by atoms with Gasteiger partial charge in [0.25, 0.3) is 0 Å². The Kier molecular flexibility index (Phi) is 5.66. The van der Waals surface area contributed by atoms with Crippen LogP contribution in [0.4, 0.5) is 0 Å². The molecule has 1 heterocycles. The monoisotopic (exact) mass is 280 g/mol. The molecule has 5 heteroatoms. The first kappa shape index (κ1) is 14.3. The second-order valence-corrected chi connectivity index (χ2v) is 6.04. The molecule has 0 aromatic carbocycles. The Balaban J connectivity index is 2.01. The molecule has 106 valence electrons. The van der Waals surface area contributed by atoms with Crippen molar-refractivity contribution in [1.29, 1.82) is 0 Å². The maximum Gasteiger partial charge on any atom is 0.206 e. The van der Waals surface area contributed by atoms with E-state index < -0.39 is 0 Å². The fourth-order valence-corrected chi connectivity index (χ4v) is 3.37. The Bertz CT molecular complexity index is 382. The van der Waals surface area contributed by atoms with Gasteiger partial charge in [-0.15, -0.1) is 11.3 Å². The molecule has 1 aliphatic carbocycles. The van der Waals surface area contributed by atoms with Gasteiger partial charge in [0.05, 0.1) is 12.1 Å². The van der Waals surface area contributed by atoms with E-state index in [1.165, 1.54) is 30.6 Å². The van der Waals surface area contributed by atoms with Crippen molar-refractivity contribution < 1.29 is 0 Å². The molecule has 1 aliphatic rings. The van der Waals surface area contributed by atoms with Crippen molar-refractivity contribution in [3.8, 4) is 0 Å². The minimum absolute atomic E-state index is 0.307. The van der Waals surface area contributed by atoms with Crippen LogP contribution >= 0.6 is 11.3 Å². The Hall–Kier alpha value is -1.07. The lowest BCUT2D eigenvalue weighted by Crippen LogP contribution is -2.43. The summed E-state index contributed by atoms with van der Waals surface area (Å²) in [6.07, 6.45) is 7.17. The number of thiophene rings is 1. The van der Waals surface area contributed by atoms with Gasteiger partial charge in [-0.3, -0.25) is 5.43 Å². The van der Waals surface area contributed by atoms with Crippen LogP contribution in [0.1, 0.15) is 56.4 Å². The van der Waals surface area contributed by atoms with Crippen molar-refractivity contribution in [3.05, 3.63) is 22.4 Å². The molecule has 0 spiro atoms. The lowest BCUT2D eigenvalue weighted by molar-refractivity contribution is 0.572. The molecule has 0 amide bonds. The Labute approximate surface area is 119 Å². The molecule has 19 heavy (non-hydrogen) atoms. The van der Waals surface area contributed by atoms with Crippen LogP contribution < -0.4 is 16.6 Å². The highest BCUT2D eigenvalue weighted by Crippen LogP contribution is 2.24. The van der Waals surface area contributed by atoms with E-state index in [2.05, 4.69) is 35.2 Å². The molecule has 0 radical (unpaired) electrons. The molecular formula is C14H24N4S. The Morgan fingerprint density at radius 1 is 1.53 bits per heavy atom. The third-order valence-corrected chi connectivity index (χ3v) is 4.53. The summed E-state index contributed by atoms with van der Waals surface area (Å²) < 4.78 is 0. The first-order chi connectivity index (χ1) is 9.33. The Morgan fingerprint density at radius 2 is 2.32 bits per heavy atom. The molecule has 0 bridgehead atoms. The lowest BCUT2D eigenvalue weighted by Gasteiger charge is -2.20. The van der Waals surface area contributed by atoms with Crippen LogP contribution in [-0.4, -0.2) is 12.0 Å². The van der Waals surface area contributed by atoms with Gasteiger partial charge in [-0.05, 0) is 30.7 Å². The number of hydrogen-bond donors (Lipinski definition) is 3. The van der Waals surface area contributed by atoms with Gasteiger partial charge in [0, 0.05) is 4.88 Å². The highest BCUT2D eigenvalue weighted by molar-refractivity contribution is 7.10. The molecular weight excluding hydrogens is 256 g/mol. The zero-order valence-corrected chi connectivity index (χ0v) is 12.4.